The number of rotatable bonds is 3. The van der Waals surface area contributed by atoms with Gasteiger partial charge in [0.15, 0.2) is 5.88 Å². The van der Waals surface area contributed by atoms with Crippen molar-refractivity contribution in [3.63, 3.8) is 0 Å². The highest BCUT2D eigenvalue weighted by Gasteiger charge is 2.44. The molecule has 0 spiro atoms. The highest BCUT2D eigenvalue weighted by molar-refractivity contribution is 6.68. The van der Waals surface area contributed by atoms with Crippen LogP contribution in [0.5, 0.6) is 0 Å². The summed E-state index contributed by atoms with van der Waals surface area (Å²) in [6.45, 7) is 3.06. The molecule has 3 N–H and O–H groups in total. The summed E-state index contributed by atoms with van der Waals surface area (Å²) >= 11 is 36.1. The van der Waals surface area contributed by atoms with Crippen LogP contribution in [0, 0.1) is 0 Å². The molecule has 4 unspecified atom stereocenters. The minimum absolute atomic E-state index is 0.283. The van der Waals surface area contributed by atoms with Gasteiger partial charge in [-0.3, -0.25) is 16.0 Å². The molecule has 2 saturated heterocycles. The van der Waals surface area contributed by atoms with Gasteiger partial charge in [-0.1, -0.05) is 88.2 Å². The van der Waals surface area contributed by atoms with Crippen molar-refractivity contribution in [2.45, 2.75) is 70.8 Å². The van der Waals surface area contributed by atoms with Crippen LogP contribution >= 0.6 is 69.6 Å². The van der Waals surface area contributed by atoms with Crippen LogP contribution in [0.2, 0.25) is 0 Å². The van der Waals surface area contributed by atoms with E-state index < -0.39 is 19.9 Å². The van der Waals surface area contributed by atoms with E-state index >= 15 is 0 Å². The lowest BCUT2D eigenvalue weighted by molar-refractivity contribution is 0.120. The number of alkyl halides is 6. The molecule has 2 aliphatic heterocycles. The van der Waals surface area contributed by atoms with Crippen molar-refractivity contribution in [3.05, 3.63) is 24.1 Å². The van der Waals surface area contributed by atoms with Gasteiger partial charge in [-0.05, 0) is 32.3 Å². The SMILES string of the molecule is CCN1C(=CC=CC2NC(C(Cl)(Cl)Cl)NC(C(Cl)(Cl)Cl)N2)OC2CCCCC21. The van der Waals surface area contributed by atoms with Crippen molar-refractivity contribution in [1.82, 2.24) is 20.9 Å². The van der Waals surface area contributed by atoms with Gasteiger partial charge in [0, 0.05) is 6.54 Å². The minimum Gasteiger partial charge on any atom is -0.474 e. The van der Waals surface area contributed by atoms with Crippen LogP contribution in [-0.4, -0.2) is 49.7 Å². The second-order valence-corrected chi connectivity index (χ2v) is 11.8. The molecule has 0 bridgehead atoms. The Morgan fingerprint density at radius 1 is 1.00 bits per heavy atom. The van der Waals surface area contributed by atoms with Crippen LogP contribution < -0.4 is 16.0 Å². The Morgan fingerprint density at radius 3 is 2.18 bits per heavy atom. The van der Waals surface area contributed by atoms with Crippen LogP contribution in [0.4, 0.5) is 0 Å². The van der Waals surface area contributed by atoms with E-state index in [0.29, 0.717) is 6.04 Å². The van der Waals surface area contributed by atoms with Gasteiger partial charge in [0.25, 0.3) is 0 Å². The molecule has 28 heavy (non-hydrogen) atoms. The summed E-state index contributed by atoms with van der Waals surface area (Å²) in [5.74, 6) is 0.889. The molecular weight excluding hydrogens is 489 g/mol. The van der Waals surface area contributed by atoms with Crippen LogP contribution in [0.25, 0.3) is 0 Å². The largest absolute Gasteiger partial charge is 0.474 e. The average Bonchev–Trinajstić information content (AvgIpc) is 2.97. The number of nitrogens with zero attached hydrogens (tertiary/aromatic N) is 1. The van der Waals surface area contributed by atoms with Crippen molar-refractivity contribution in [2.75, 3.05) is 6.54 Å². The van der Waals surface area contributed by atoms with E-state index in [-0.39, 0.29) is 12.3 Å². The second kappa shape index (κ2) is 9.46. The van der Waals surface area contributed by atoms with E-state index in [1.54, 1.807) is 0 Å². The Hall–Kier alpha value is 0.700. The van der Waals surface area contributed by atoms with Crippen LogP contribution in [0.1, 0.15) is 32.6 Å². The molecule has 11 heteroatoms. The lowest BCUT2D eigenvalue weighted by atomic mass is 9.92. The molecule has 0 aromatic carbocycles. The zero-order valence-corrected chi connectivity index (χ0v) is 19.8. The molecule has 0 radical (unpaired) electrons. The summed E-state index contributed by atoms with van der Waals surface area (Å²) in [4.78, 5) is 2.33. The predicted molar refractivity (Wildman–Crippen MR) is 118 cm³/mol. The zero-order valence-electron chi connectivity index (χ0n) is 15.3. The number of likely N-dealkylation sites (N-methyl/N-ethyl adjacent to an activating group) is 1. The molecule has 2 heterocycles. The summed E-state index contributed by atoms with van der Waals surface area (Å²) in [7, 11) is 0. The molecule has 4 atom stereocenters. The van der Waals surface area contributed by atoms with Gasteiger partial charge < -0.3 is 9.64 Å². The summed E-state index contributed by atoms with van der Waals surface area (Å²) in [6.07, 6.45) is 8.98. The fourth-order valence-corrected chi connectivity index (χ4v) is 4.65. The molecule has 3 fully saturated rings. The Balaban J connectivity index is 1.70. The number of ether oxygens (including phenoxy) is 1. The van der Waals surface area contributed by atoms with Gasteiger partial charge in [0.2, 0.25) is 7.59 Å². The molecule has 0 aromatic rings. The summed E-state index contributed by atoms with van der Waals surface area (Å²) in [5.41, 5.74) is 0. The first kappa shape index (κ1) is 23.4. The topological polar surface area (TPSA) is 48.6 Å². The smallest absolute Gasteiger partial charge is 0.218 e. The lowest BCUT2D eigenvalue weighted by Gasteiger charge is -2.42. The fourth-order valence-electron chi connectivity index (χ4n) is 3.89. The highest BCUT2D eigenvalue weighted by atomic mass is 35.6. The molecule has 1 aliphatic carbocycles. The maximum absolute atomic E-state index is 6.16. The number of fused-ring (bicyclic) bond motifs is 1. The summed E-state index contributed by atoms with van der Waals surface area (Å²) in [6, 6.07) is 0.469. The Morgan fingerprint density at radius 2 is 1.61 bits per heavy atom. The zero-order chi connectivity index (χ0) is 20.5. The van der Waals surface area contributed by atoms with E-state index in [1.165, 1.54) is 19.3 Å². The highest BCUT2D eigenvalue weighted by Crippen LogP contribution is 2.36. The third kappa shape index (κ3) is 5.68. The molecule has 5 nitrogen and oxygen atoms in total. The van der Waals surface area contributed by atoms with Gasteiger partial charge >= 0.3 is 0 Å². The predicted octanol–water partition coefficient (Wildman–Crippen LogP) is 4.55. The molecule has 0 amide bonds. The van der Waals surface area contributed by atoms with Crippen molar-refractivity contribution in [1.29, 1.82) is 0 Å². The number of hydrogen-bond acceptors (Lipinski definition) is 5. The van der Waals surface area contributed by atoms with Gasteiger partial charge in [-0.15, -0.1) is 0 Å². The first-order valence-electron chi connectivity index (χ1n) is 9.33. The maximum Gasteiger partial charge on any atom is 0.218 e. The second-order valence-electron chi connectivity index (χ2n) is 7.11. The monoisotopic (exact) mass is 510 g/mol. The molecule has 160 valence electrons. The first-order chi connectivity index (χ1) is 13.1. The van der Waals surface area contributed by atoms with Crippen LogP contribution in [-0.2, 0) is 4.74 Å². The first-order valence-corrected chi connectivity index (χ1v) is 11.6. The van der Waals surface area contributed by atoms with Crippen LogP contribution in [0.3, 0.4) is 0 Å². The third-order valence-electron chi connectivity index (χ3n) is 5.19. The Kier molecular flexibility index (Phi) is 7.89. The molecule has 3 aliphatic rings. The van der Waals surface area contributed by atoms with Crippen molar-refractivity contribution in [2.24, 2.45) is 0 Å². The fraction of sp³-hybridized carbons (Fsp3) is 0.765. The third-order valence-corrected chi connectivity index (χ3v) is 6.50. The van der Waals surface area contributed by atoms with Crippen molar-refractivity contribution in [3.8, 4) is 0 Å². The van der Waals surface area contributed by atoms with E-state index in [0.717, 1.165) is 18.8 Å². The number of halogens is 6. The van der Waals surface area contributed by atoms with Gasteiger partial charge in [-0.2, -0.15) is 0 Å². The quantitative estimate of drug-likeness (QED) is 0.484. The Bertz CT molecular complexity index is 583. The van der Waals surface area contributed by atoms with E-state index in [1.807, 2.05) is 18.2 Å². The molecule has 0 aromatic heterocycles. The van der Waals surface area contributed by atoms with Crippen molar-refractivity contribution >= 4 is 69.6 Å². The minimum atomic E-state index is -1.62. The average molecular weight is 513 g/mol. The van der Waals surface area contributed by atoms with Gasteiger partial charge in [0.05, 0.1) is 12.2 Å². The number of allylic oxidation sites excluding steroid dienone is 2. The summed E-state index contributed by atoms with van der Waals surface area (Å²) in [5, 5.41) is 9.21. The van der Waals surface area contributed by atoms with Gasteiger partial charge in [0.1, 0.15) is 18.4 Å². The number of nitrogens with one attached hydrogen (secondary N) is 3. The Labute approximate surface area is 196 Å². The standard InChI is InChI=1S/C17H24Cl6N4O/c1-2-27-10-6-3-4-7-11(10)28-13(27)9-5-8-12-24-14(16(18,19)20)26-15(25-12)17(21,22)23/h5,8-12,14-15,24-26H,2-4,6-7H2,1H3. The van der Waals surface area contributed by atoms with E-state index in [4.69, 9.17) is 74.3 Å². The maximum atomic E-state index is 6.16. The van der Waals surface area contributed by atoms with Crippen LogP contribution in [0.15, 0.2) is 24.1 Å². The van der Waals surface area contributed by atoms with E-state index in [9.17, 15) is 0 Å². The summed E-state index contributed by atoms with van der Waals surface area (Å²) < 4.78 is 2.92. The molecular formula is C17H24Cl6N4O. The van der Waals surface area contributed by atoms with Crippen molar-refractivity contribution < 1.29 is 4.74 Å². The molecule has 3 rings (SSSR count). The van der Waals surface area contributed by atoms with Gasteiger partial charge in [-0.25, -0.2) is 0 Å². The lowest BCUT2D eigenvalue weighted by Crippen LogP contribution is -2.73. The number of hydrogen-bond donors (Lipinski definition) is 3. The van der Waals surface area contributed by atoms with E-state index in [2.05, 4.69) is 27.8 Å². The molecule has 1 saturated carbocycles. The normalized spacial score (nSPS) is 36.0.